The molecule has 1 aliphatic carbocycles. The lowest BCUT2D eigenvalue weighted by molar-refractivity contribution is -0.193. The number of aromatic hydroxyl groups is 1. The summed E-state index contributed by atoms with van der Waals surface area (Å²) in [6, 6.07) is 10.9. The monoisotopic (exact) mass is 808 g/mol. The number of amides is 1. The van der Waals surface area contributed by atoms with Crippen LogP contribution in [0, 0.1) is 0 Å². The highest BCUT2D eigenvalue weighted by atomic mass is 35.5. The number of alkyl halides is 8. The molecule has 11 nitrogen and oxygen atoms in total. The smallest absolute Gasteiger partial charge is 0.490 e. The van der Waals surface area contributed by atoms with Gasteiger partial charge >= 0.3 is 29.2 Å². The normalized spacial score (nSPS) is 14.4. The summed E-state index contributed by atoms with van der Waals surface area (Å²) in [6.45, 7) is 2.78. The Hall–Kier alpha value is -4.01. The number of aliphatic carboxylic acids is 2. The van der Waals surface area contributed by atoms with Crippen molar-refractivity contribution >= 4 is 51.0 Å². The van der Waals surface area contributed by atoms with Crippen molar-refractivity contribution in [2.75, 3.05) is 32.7 Å². The average Bonchev–Trinajstić information content (AvgIpc) is 3.47. The van der Waals surface area contributed by atoms with Gasteiger partial charge in [-0.3, -0.25) is 9.59 Å². The average molecular weight is 809 g/mol. The third-order valence-corrected chi connectivity index (χ3v) is 9.04. The zero-order chi connectivity index (χ0) is 40.0. The molecule has 1 fully saturated rings. The molecule has 0 spiro atoms. The Morgan fingerprint density at radius 1 is 0.868 bits per heavy atom. The number of rotatable bonds is 13. The van der Waals surface area contributed by atoms with Gasteiger partial charge in [0.15, 0.2) is 0 Å². The van der Waals surface area contributed by atoms with Gasteiger partial charge in [0, 0.05) is 50.0 Å². The van der Waals surface area contributed by atoms with Crippen LogP contribution in [0.1, 0.15) is 43.2 Å². The van der Waals surface area contributed by atoms with Crippen LogP contribution >= 0.6 is 22.9 Å². The minimum atomic E-state index is -5.08. The number of phenolic OH excluding ortho intramolecular Hbond substituents is 1. The lowest BCUT2D eigenvalue weighted by Gasteiger charge is -2.37. The standard InChI is InChI=1S/C28H35ClF2N4O3S.2C2HF3O2/c29-22-4-2-1-3-19(22)9-14-32-16-11-24(37)35(21-7-12-28(30,31)13-8-21)18-17-33-15-10-20-5-6-23(36)25-26(20)39-27(38)34-25;2*3-2(4,5)1(6)7/h1-6,21,32-33,36H,7-18H2,(H,34,38);2*(H,6,7). The van der Waals surface area contributed by atoms with Crippen LogP contribution in [0.15, 0.2) is 41.2 Å². The van der Waals surface area contributed by atoms with Gasteiger partial charge in [-0.25, -0.2) is 18.4 Å². The van der Waals surface area contributed by atoms with Crippen molar-refractivity contribution in [2.24, 2.45) is 0 Å². The van der Waals surface area contributed by atoms with Crippen molar-refractivity contribution in [1.29, 1.82) is 0 Å². The summed E-state index contributed by atoms with van der Waals surface area (Å²) in [5.74, 6) is -8.15. The highest BCUT2D eigenvalue weighted by Gasteiger charge is 2.39. The summed E-state index contributed by atoms with van der Waals surface area (Å²) in [5.41, 5.74) is 2.45. The van der Waals surface area contributed by atoms with Gasteiger partial charge in [-0.15, -0.1) is 0 Å². The quantitative estimate of drug-likeness (QED) is 0.0899. The molecule has 3 aromatic rings. The summed E-state index contributed by atoms with van der Waals surface area (Å²) in [6.07, 6.45) is -8.25. The molecule has 0 aliphatic heterocycles. The van der Waals surface area contributed by atoms with Crippen LogP contribution < -0.4 is 15.5 Å². The van der Waals surface area contributed by atoms with Gasteiger partial charge in [-0.1, -0.05) is 47.2 Å². The van der Waals surface area contributed by atoms with Crippen molar-refractivity contribution in [2.45, 2.75) is 69.3 Å². The number of carboxylic acid groups (broad SMARTS) is 2. The van der Waals surface area contributed by atoms with E-state index >= 15 is 0 Å². The number of nitrogens with zero attached hydrogens (tertiary/aromatic N) is 1. The van der Waals surface area contributed by atoms with Crippen LogP contribution in [-0.2, 0) is 27.2 Å². The zero-order valence-corrected chi connectivity index (χ0v) is 29.3. The largest absolute Gasteiger partial charge is 0.506 e. The maximum absolute atomic E-state index is 13.8. The SMILES string of the molecule is O=C(CCNCCc1ccccc1Cl)N(CCNCCc1ccc(O)c2[nH]c(=O)sc12)C1CCC(F)(F)CC1.O=C(O)C(F)(F)F.O=C(O)C(F)(F)F. The fourth-order valence-corrected chi connectivity index (χ4v) is 6.18. The van der Waals surface area contributed by atoms with Gasteiger partial charge in [-0.05, 0) is 62.0 Å². The molecule has 2 aromatic carbocycles. The number of aromatic amines is 1. The fraction of sp³-hybridized carbons (Fsp3) is 0.500. The molecule has 1 aromatic heterocycles. The van der Waals surface area contributed by atoms with E-state index in [9.17, 15) is 49.8 Å². The van der Waals surface area contributed by atoms with Crippen molar-refractivity contribution in [3.8, 4) is 5.75 Å². The molecule has 21 heteroatoms. The van der Waals surface area contributed by atoms with E-state index in [1.54, 1.807) is 17.0 Å². The lowest BCUT2D eigenvalue weighted by Crippen LogP contribution is -2.47. The molecule has 1 aliphatic rings. The number of halogens is 9. The number of hydrogen-bond donors (Lipinski definition) is 6. The van der Waals surface area contributed by atoms with Crippen molar-refractivity contribution in [3.05, 3.63) is 62.2 Å². The minimum absolute atomic E-state index is 0.0328. The topological polar surface area (TPSA) is 172 Å². The molecule has 296 valence electrons. The number of aromatic nitrogens is 1. The number of hydrogen-bond acceptors (Lipinski definition) is 8. The molecular weight excluding hydrogens is 772 g/mol. The first kappa shape index (κ1) is 45.1. The summed E-state index contributed by atoms with van der Waals surface area (Å²) < 4.78 is 91.8. The number of carbonyl (C=O) groups excluding carboxylic acids is 1. The summed E-state index contributed by atoms with van der Waals surface area (Å²) in [5, 5.41) is 31.6. The summed E-state index contributed by atoms with van der Waals surface area (Å²) >= 11 is 7.27. The molecule has 6 N–H and O–H groups in total. The van der Waals surface area contributed by atoms with Gasteiger partial charge in [0.2, 0.25) is 11.8 Å². The van der Waals surface area contributed by atoms with Gasteiger partial charge in [-0.2, -0.15) is 26.3 Å². The fourth-order valence-electron chi connectivity index (χ4n) is 5.05. The molecule has 0 bridgehead atoms. The second kappa shape index (κ2) is 20.4. The maximum Gasteiger partial charge on any atom is 0.490 e. The van der Waals surface area contributed by atoms with Crippen molar-refractivity contribution in [1.82, 2.24) is 20.5 Å². The van der Waals surface area contributed by atoms with E-state index in [0.717, 1.165) is 38.6 Å². The van der Waals surface area contributed by atoms with E-state index in [0.29, 0.717) is 63.9 Å². The Labute approximate surface area is 305 Å². The second-order valence-electron chi connectivity index (χ2n) is 11.6. The first-order valence-corrected chi connectivity index (χ1v) is 17.1. The Morgan fingerprint density at radius 2 is 1.40 bits per heavy atom. The predicted molar refractivity (Wildman–Crippen MR) is 180 cm³/mol. The van der Waals surface area contributed by atoms with E-state index in [1.807, 2.05) is 24.3 Å². The molecular formula is C32H37ClF8N4O7S. The summed E-state index contributed by atoms with van der Waals surface area (Å²) in [7, 11) is 0. The minimum Gasteiger partial charge on any atom is -0.506 e. The maximum atomic E-state index is 13.8. The number of H-pyrrole nitrogens is 1. The molecule has 1 amide bonds. The molecule has 4 rings (SSSR count). The van der Waals surface area contributed by atoms with Gasteiger partial charge in [0.25, 0.3) is 0 Å². The number of carboxylic acids is 2. The van der Waals surface area contributed by atoms with E-state index in [-0.39, 0.29) is 35.4 Å². The second-order valence-corrected chi connectivity index (χ2v) is 13.0. The zero-order valence-electron chi connectivity index (χ0n) is 27.8. The molecule has 0 saturated heterocycles. The van der Waals surface area contributed by atoms with E-state index < -0.39 is 30.2 Å². The first-order chi connectivity index (χ1) is 24.6. The van der Waals surface area contributed by atoms with Gasteiger partial charge < -0.3 is 35.8 Å². The Kier molecular flexibility index (Phi) is 17.4. The Balaban J connectivity index is 0.000000587. The first-order valence-electron chi connectivity index (χ1n) is 15.9. The highest BCUT2D eigenvalue weighted by molar-refractivity contribution is 7.16. The molecule has 0 radical (unpaired) electrons. The van der Waals surface area contributed by atoms with Gasteiger partial charge in [0.05, 0.1) is 4.70 Å². The molecule has 0 unspecified atom stereocenters. The van der Waals surface area contributed by atoms with Crippen molar-refractivity contribution in [3.63, 3.8) is 0 Å². The third kappa shape index (κ3) is 15.9. The van der Waals surface area contributed by atoms with Crippen LogP contribution in [0.2, 0.25) is 5.02 Å². The molecule has 0 atom stereocenters. The number of phenols is 1. The molecule has 1 heterocycles. The number of benzene rings is 2. The van der Waals surface area contributed by atoms with Crippen LogP contribution in [-0.4, -0.2) is 100 Å². The van der Waals surface area contributed by atoms with Crippen LogP contribution in [0.4, 0.5) is 35.1 Å². The number of fused-ring (bicyclic) bond motifs is 1. The predicted octanol–water partition coefficient (Wildman–Crippen LogP) is 5.98. The lowest BCUT2D eigenvalue weighted by atomic mass is 9.91. The highest BCUT2D eigenvalue weighted by Crippen LogP contribution is 2.35. The van der Waals surface area contributed by atoms with Crippen LogP contribution in [0.3, 0.4) is 0 Å². The van der Waals surface area contributed by atoms with E-state index in [2.05, 4.69) is 15.6 Å². The number of thiazole rings is 1. The number of nitrogens with one attached hydrogen (secondary N) is 3. The molecule has 1 saturated carbocycles. The van der Waals surface area contributed by atoms with E-state index in [4.69, 9.17) is 31.4 Å². The van der Waals surface area contributed by atoms with Crippen LogP contribution in [0.25, 0.3) is 10.2 Å². The summed E-state index contributed by atoms with van der Waals surface area (Å²) in [4.78, 5) is 46.9. The van der Waals surface area contributed by atoms with Crippen LogP contribution in [0.5, 0.6) is 5.75 Å². The van der Waals surface area contributed by atoms with Gasteiger partial charge in [0.1, 0.15) is 11.3 Å². The third-order valence-electron chi connectivity index (χ3n) is 7.72. The Bertz CT molecular complexity index is 1690. The van der Waals surface area contributed by atoms with E-state index in [1.165, 1.54) is 0 Å². The Morgan fingerprint density at radius 3 is 1.94 bits per heavy atom. The van der Waals surface area contributed by atoms with Crippen molar-refractivity contribution < 1.29 is 64.8 Å². The number of carbonyl (C=O) groups is 3. The molecule has 53 heavy (non-hydrogen) atoms.